The fourth-order valence-corrected chi connectivity index (χ4v) is 3.35. The van der Waals surface area contributed by atoms with Crippen molar-refractivity contribution in [1.29, 1.82) is 0 Å². The Labute approximate surface area is 166 Å². The number of aromatic nitrogens is 2. The van der Waals surface area contributed by atoms with Crippen molar-refractivity contribution in [2.24, 2.45) is 0 Å². The smallest absolute Gasteiger partial charge is 0.311 e. The number of ketones is 1. The molecular weight excluding hydrogens is 376 g/mol. The van der Waals surface area contributed by atoms with Crippen LogP contribution in [0.4, 0.5) is 0 Å². The van der Waals surface area contributed by atoms with E-state index in [4.69, 9.17) is 0 Å². The lowest BCUT2D eigenvalue weighted by Crippen LogP contribution is -2.14. The van der Waals surface area contributed by atoms with Gasteiger partial charge in [0.2, 0.25) is 0 Å². The molecule has 0 aliphatic rings. The van der Waals surface area contributed by atoms with Crippen molar-refractivity contribution >= 4 is 23.5 Å². The van der Waals surface area contributed by atoms with E-state index in [2.05, 4.69) is 14.7 Å². The summed E-state index contributed by atoms with van der Waals surface area (Å²) in [5, 5.41) is 0.292. The maximum absolute atomic E-state index is 12.4. The van der Waals surface area contributed by atoms with Crippen molar-refractivity contribution in [2.75, 3.05) is 12.9 Å². The number of nitrogens with one attached hydrogen (secondary N) is 1. The van der Waals surface area contributed by atoms with Gasteiger partial charge in [-0.25, -0.2) is 4.98 Å². The van der Waals surface area contributed by atoms with Gasteiger partial charge in [0.15, 0.2) is 10.9 Å². The Morgan fingerprint density at radius 1 is 1.04 bits per heavy atom. The third-order valence-electron chi connectivity index (χ3n) is 3.98. The van der Waals surface area contributed by atoms with Crippen LogP contribution in [-0.2, 0) is 16.0 Å². The van der Waals surface area contributed by atoms with E-state index in [9.17, 15) is 14.4 Å². The number of methoxy groups -OCH3 is 1. The molecule has 0 radical (unpaired) electrons. The van der Waals surface area contributed by atoms with Gasteiger partial charge in [-0.3, -0.25) is 14.4 Å². The van der Waals surface area contributed by atoms with E-state index >= 15 is 0 Å². The predicted octanol–water partition coefficient (Wildman–Crippen LogP) is 3.13. The van der Waals surface area contributed by atoms with Gasteiger partial charge in [-0.2, -0.15) is 0 Å². The predicted molar refractivity (Wildman–Crippen MR) is 108 cm³/mol. The molecule has 142 valence electrons. The van der Waals surface area contributed by atoms with Gasteiger partial charge >= 0.3 is 5.97 Å². The van der Waals surface area contributed by atoms with Crippen LogP contribution in [-0.4, -0.2) is 34.6 Å². The number of aromatic amines is 1. The Kier molecular flexibility index (Phi) is 6.39. The second kappa shape index (κ2) is 9.14. The maximum Gasteiger partial charge on any atom is 0.311 e. The average Bonchev–Trinajstić information content (AvgIpc) is 2.72. The van der Waals surface area contributed by atoms with Crippen LogP contribution < -0.4 is 5.56 Å². The summed E-state index contributed by atoms with van der Waals surface area (Å²) >= 11 is 1.12. The number of thioether (sulfide) groups is 1. The van der Waals surface area contributed by atoms with Gasteiger partial charge in [0, 0.05) is 11.6 Å². The molecule has 0 saturated carbocycles. The topological polar surface area (TPSA) is 89.1 Å². The second-order valence-electron chi connectivity index (χ2n) is 5.95. The van der Waals surface area contributed by atoms with Gasteiger partial charge < -0.3 is 9.72 Å². The molecule has 2 aromatic carbocycles. The first-order chi connectivity index (χ1) is 13.5. The van der Waals surface area contributed by atoms with E-state index in [-0.39, 0.29) is 23.5 Å². The molecule has 1 heterocycles. The molecule has 28 heavy (non-hydrogen) atoms. The van der Waals surface area contributed by atoms with E-state index in [0.717, 1.165) is 22.9 Å². The Morgan fingerprint density at radius 3 is 2.39 bits per heavy atom. The number of carbonyl (C=O) groups excluding carboxylic acids is 2. The molecule has 0 aliphatic carbocycles. The maximum atomic E-state index is 12.4. The van der Waals surface area contributed by atoms with Crippen molar-refractivity contribution in [3.8, 4) is 11.1 Å². The van der Waals surface area contributed by atoms with Crippen LogP contribution in [0.5, 0.6) is 0 Å². The summed E-state index contributed by atoms with van der Waals surface area (Å²) in [6, 6.07) is 18.5. The number of hydrogen-bond donors (Lipinski definition) is 1. The zero-order valence-corrected chi connectivity index (χ0v) is 16.0. The monoisotopic (exact) mass is 394 g/mol. The van der Waals surface area contributed by atoms with Crippen LogP contribution in [0.15, 0.2) is 70.6 Å². The zero-order chi connectivity index (χ0) is 19.9. The van der Waals surface area contributed by atoms with Gasteiger partial charge in [0.05, 0.1) is 25.0 Å². The van der Waals surface area contributed by atoms with Crippen molar-refractivity contribution in [3.63, 3.8) is 0 Å². The van der Waals surface area contributed by atoms with E-state index in [1.54, 1.807) is 12.1 Å². The molecule has 1 aromatic heterocycles. The summed E-state index contributed by atoms with van der Waals surface area (Å²) in [6.45, 7) is 0. The van der Waals surface area contributed by atoms with Crippen molar-refractivity contribution in [2.45, 2.75) is 11.6 Å². The Morgan fingerprint density at radius 2 is 1.71 bits per heavy atom. The SMILES string of the molecule is COC(=O)Cc1cc(=O)[nH]c(SCC(=O)c2ccc(-c3ccccc3)cc2)n1. The minimum atomic E-state index is -0.483. The molecular formula is C21H18N2O4S. The third kappa shape index (κ3) is 5.17. The van der Waals surface area contributed by atoms with Crippen molar-refractivity contribution < 1.29 is 14.3 Å². The first-order valence-corrected chi connectivity index (χ1v) is 9.52. The first-order valence-electron chi connectivity index (χ1n) is 8.53. The Bertz CT molecular complexity index is 1030. The summed E-state index contributed by atoms with van der Waals surface area (Å²) in [5.41, 5.74) is 2.63. The zero-order valence-electron chi connectivity index (χ0n) is 15.2. The molecule has 0 aliphatic heterocycles. The fraction of sp³-hybridized carbons (Fsp3) is 0.143. The highest BCUT2D eigenvalue weighted by molar-refractivity contribution is 7.99. The highest BCUT2D eigenvalue weighted by Crippen LogP contribution is 2.20. The molecule has 3 rings (SSSR count). The van der Waals surface area contributed by atoms with E-state index in [0.29, 0.717) is 16.4 Å². The fourth-order valence-electron chi connectivity index (χ4n) is 2.56. The number of Topliss-reactive ketones (excluding diaryl/α,β-unsaturated/α-hetero) is 1. The number of ether oxygens (including phenoxy) is 1. The number of esters is 1. The lowest BCUT2D eigenvalue weighted by molar-refractivity contribution is -0.139. The summed E-state index contributed by atoms with van der Waals surface area (Å²) in [5.74, 6) is -0.441. The van der Waals surface area contributed by atoms with Crippen LogP contribution in [0.3, 0.4) is 0 Å². The summed E-state index contributed by atoms with van der Waals surface area (Å²) in [6.07, 6.45) is -0.0944. The highest BCUT2D eigenvalue weighted by Gasteiger charge is 2.11. The van der Waals surface area contributed by atoms with Gasteiger partial charge in [-0.15, -0.1) is 0 Å². The highest BCUT2D eigenvalue weighted by atomic mass is 32.2. The molecule has 7 heteroatoms. The molecule has 0 spiro atoms. The largest absolute Gasteiger partial charge is 0.469 e. The minimum absolute atomic E-state index is 0.0781. The molecule has 0 unspecified atom stereocenters. The molecule has 3 aromatic rings. The van der Waals surface area contributed by atoms with E-state index in [1.807, 2.05) is 42.5 Å². The Balaban J connectivity index is 1.65. The second-order valence-corrected chi connectivity index (χ2v) is 6.91. The summed E-state index contributed by atoms with van der Waals surface area (Å²) in [4.78, 5) is 42.3. The van der Waals surface area contributed by atoms with Gasteiger partial charge in [0.25, 0.3) is 5.56 Å². The van der Waals surface area contributed by atoms with E-state index in [1.165, 1.54) is 13.2 Å². The standard InChI is InChI=1S/C21H18N2O4S/c1-27-20(26)12-17-11-19(25)23-21(22-17)28-13-18(24)16-9-7-15(8-10-16)14-5-3-2-4-6-14/h2-11H,12-13H2,1H3,(H,22,23,25). The van der Waals surface area contributed by atoms with Crippen molar-refractivity contribution in [3.05, 3.63) is 82.3 Å². The van der Waals surface area contributed by atoms with Crippen LogP contribution in [0.1, 0.15) is 16.1 Å². The first kappa shape index (κ1) is 19.6. The van der Waals surface area contributed by atoms with Crippen LogP contribution >= 0.6 is 11.8 Å². The van der Waals surface area contributed by atoms with E-state index < -0.39 is 5.97 Å². The molecule has 1 N–H and O–H groups in total. The lowest BCUT2D eigenvalue weighted by atomic mass is 10.0. The van der Waals surface area contributed by atoms with Crippen LogP contribution in [0.25, 0.3) is 11.1 Å². The van der Waals surface area contributed by atoms with Gasteiger partial charge in [-0.1, -0.05) is 66.4 Å². The molecule has 6 nitrogen and oxygen atoms in total. The van der Waals surface area contributed by atoms with Crippen molar-refractivity contribution in [1.82, 2.24) is 9.97 Å². The quantitative estimate of drug-likeness (QED) is 0.287. The Hall–Kier alpha value is -3.19. The third-order valence-corrected chi connectivity index (χ3v) is 4.85. The number of nitrogens with zero attached hydrogens (tertiary/aromatic N) is 1. The van der Waals surface area contributed by atoms with Crippen LogP contribution in [0.2, 0.25) is 0 Å². The van der Waals surface area contributed by atoms with Gasteiger partial charge in [0.1, 0.15) is 0 Å². The van der Waals surface area contributed by atoms with Gasteiger partial charge in [-0.05, 0) is 11.1 Å². The number of rotatable bonds is 7. The lowest BCUT2D eigenvalue weighted by Gasteiger charge is -2.05. The minimum Gasteiger partial charge on any atom is -0.469 e. The summed E-state index contributed by atoms with van der Waals surface area (Å²) < 4.78 is 4.58. The number of hydrogen-bond acceptors (Lipinski definition) is 6. The number of H-pyrrole nitrogens is 1. The molecule has 0 saturated heterocycles. The number of benzene rings is 2. The molecule has 0 amide bonds. The molecule has 0 fully saturated rings. The molecule has 0 atom stereocenters. The normalized spacial score (nSPS) is 10.5. The average molecular weight is 394 g/mol. The molecule has 0 bridgehead atoms. The summed E-state index contributed by atoms with van der Waals surface area (Å²) in [7, 11) is 1.27. The van der Waals surface area contributed by atoms with Crippen LogP contribution in [0, 0.1) is 0 Å². The number of carbonyl (C=O) groups is 2.